The topological polar surface area (TPSA) is 76.1 Å². The summed E-state index contributed by atoms with van der Waals surface area (Å²) in [5.74, 6) is -0.825. The van der Waals surface area contributed by atoms with Crippen molar-refractivity contribution in [2.24, 2.45) is 0 Å². The number of carboxylic acid groups (broad SMARTS) is 1. The minimum atomic E-state index is -0.825. The monoisotopic (exact) mass is 368 g/mol. The molecule has 0 radical (unpaired) electrons. The third-order valence-electron chi connectivity index (χ3n) is 6.22. The molecule has 2 N–H and O–H groups in total. The molecule has 2 saturated heterocycles. The number of carbonyl (C=O) groups excluding carboxylic acids is 1. The summed E-state index contributed by atoms with van der Waals surface area (Å²) in [6.07, 6.45) is 2.96. The Morgan fingerprint density at radius 1 is 1.23 bits per heavy atom. The standard InChI is InChI=1S/C19H36N4O3/c1-6-13(5)23-16-11-10-15(18(24)25)20-17(16)22(19(23)26)12-14(7-2)21(8-3)9-4/h13-17,20H,6-12H2,1-5H3,(H,24,25). The van der Waals surface area contributed by atoms with Gasteiger partial charge in [0.15, 0.2) is 0 Å². The van der Waals surface area contributed by atoms with Gasteiger partial charge in [0.25, 0.3) is 0 Å². The molecule has 2 aliphatic heterocycles. The number of likely N-dealkylation sites (N-methyl/N-ethyl adjacent to an activating group) is 1. The molecule has 2 fully saturated rings. The average molecular weight is 369 g/mol. The second-order valence-corrected chi connectivity index (χ2v) is 7.53. The minimum Gasteiger partial charge on any atom is -0.480 e. The number of carbonyl (C=O) groups is 2. The van der Waals surface area contributed by atoms with Crippen molar-refractivity contribution in [3.8, 4) is 0 Å². The fraction of sp³-hybridized carbons (Fsp3) is 0.895. The highest BCUT2D eigenvalue weighted by atomic mass is 16.4. The van der Waals surface area contributed by atoms with Crippen molar-refractivity contribution in [3.63, 3.8) is 0 Å². The summed E-state index contributed by atoms with van der Waals surface area (Å²) < 4.78 is 0. The van der Waals surface area contributed by atoms with Crippen LogP contribution < -0.4 is 5.32 Å². The van der Waals surface area contributed by atoms with Gasteiger partial charge in [-0.05, 0) is 45.7 Å². The maximum atomic E-state index is 13.2. The molecule has 0 aromatic heterocycles. The molecule has 7 nitrogen and oxygen atoms in total. The molecule has 26 heavy (non-hydrogen) atoms. The summed E-state index contributed by atoms with van der Waals surface area (Å²) in [6.45, 7) is 13.2. The first-order chi connectivity index (χ1) is 12.4. The van der Waals surface area contributed by atoms with E-state index in [-0.39, 0.29) is 24.3 Å². The Hall–Kier alpha value is -1.34. The van der Waals surface area contributed by atoms with Crippen LogP contribution >= 0.6 is 0 Å². The van der Waals surface area contributed by atoms with E-state index in [0.717, 1.165) is 32.4 Å². The van der Waals surface area contributed by atoms with Gasteiger partial charge in [-0.3, -0.25) is 15.0 Å². The Balaban J connectivity index is 2.26. The van der Waals surface area contributed by atoms with E-state index in [1.807, 2.05) is 9.80 Å². The SMILES string of the molecule is CCC(CN1C(=O)N(C(C)CC)C2CCC(C(=O)O)NC21)N(CC)CC. The van der Waals surface area contributed by atoms with Crippen LogP contribution in [0, 0.1) is 0 Å². The van der Waals surface area contributed by atoms with E-state index in [4.69, 9.17) is 0 Å². The molecule has 7 heteroatoms. The Kier molecular flexibility index (Phi) is 7.29. The normalized spacial score (nSPS) is 28.4. The van der Waals surface area contributed by atoms with Crippen LogP contribution in [0.15, 0.2) is 0 Å². The molecule has 5 unspecified atom stereocenters. The van der Waals surface area contributed by atoms with Crippen molar-refractivity contribution in [1.29, 1.82) is 0 Å². The van der Waals surface area contributed by atoms with Crippen LogP contribution in [-0.4, -0.2) is 81.8 Å². The van der Waals surface area contributed by atoms with E-state index in [1.165, 1.54) is 0 Å². The molecule has 2 amide bonds. The van der Waals surface area contributed by atoms with Gasteiger partial charge in [-0.25, -0.2) is 4.79 Å². The van der Waals surface area contributed by atoms with E-state index < -0.39 is 12.0 Å². The molecule has 2 heterocycles. The van der Waals surface area contributed by atoms with Gasteiger partial charge in [0.2, 0.25) is 0 Å². The van der Waals surface area contributed by atoms with E-state index in [9.17, 15) is 14.7 Å². The minimum absolute atomic E-state index is 0.0542. The van der Waals surface area contributed by atoms with Crippen LogP contribution in [0.1, 0.15) is 60.3 Å². The fourth-order valence-corrected chi connectivity index (χ4v) is 4.46. The number of fused-ring (bicyclic) bond motifs is 1. The molecule has 5 atom stereocenters. The molecule has 0 saturated carbocycles. The first-order valence-electron chi connectivity index (χ1n) is 10.2. The van der Waals surface area contributed by atoms with Crippen LogP contribution in [0.25, 0.3) is 0 Å². The lowest BCUT2D eigenvalue weighted by Gasteiger charge is -2.39. The zero-order valence-corrected chi connectivity index (χ0v) is 16.9. The number of hydrogen-bond donors (Lipinski definition) is 2. The molecule has 150 valence electrons. The summed E-state index contributed by atoms with van der Waals surface area (Å²) in [4.78, 5) is 31.0. The largest absolute Gasteiger partial charge is 0.480 e. The van der Waals surface area contributed by atoms with E-state index >= 15 is 0 Å². The number of carboxylic acids is 1. The Bertz CT molecular complexity index is 497. The molecule has 2 aliphatic rings. The average Bonchev–Trinajstić information content (AvgIpc) is 2.91. The predicted molar refractivity (Wildman–Crippen MR) is 102 cm³/mol. The van der Waals surface area contributed by atoms with Crippen molar-refractivity contribution < 1.29 is 14.7 Å². The molecule has 0 aromatic rings. The van der Waals surface area contributed by atoms with E-state index in [1.54, 1.807) is 0 Å². The van der Waals surface area contributed by atoms with Crippen LogP contribution in [0.5, 0.6) is 0 Å². The molecule has 0 aromatic carbocycles. The van der Waals surface area contributed by atoms with Crippen molar-refractivity contribution >= 4 is 12.0 Å². The number of hydrogen-bond acceptors (Lipinski definition) is 4. The van der Waals surface area contributed by atoms with Gasteiger partial charge in [-0.1, -0.05) is 27.7 Å². The summed E-state index contributed by atoms with van der Waals surface area (Å²) in [5.41, 5.74) is 0. The second-order valence-electron chi connectivity index (χ2n) is 7.53. The number of nitrogens with zero attached hydrogens (tertiary/aromatic N) is 3. The van der Waals surface area contributed by atoms with Crippen LogP contribution in [0.2, 0.25) is 0 Å². The predicted octanol–water partition coefficient (Wildman–Crippen LogP) is 2.17. The maximum Gasteiger partial charge on any atom is 0.322 e. The first kappa shape index (κ1) is 21.0. The van der Waals surface area contributed by atoms with Gasteiger partial charge in [0.05, 0.1) is 6.04 Å². The van der Waals surface area contributed by atoms with Crippen LogP contribution in [-0.2, 0) is 4.79 Å². The summed E-state index contributed by atoms with van der Waals surface area (Å²) in [7, 11) is 0. The third-order valence-corrected chi connectivity index (χ3v) is 6.22. The van der Waals surface area contributed by atoms with Gasteiger partial charge in [0, 0.05) is 18.6 Å². The Morgan fingerprint density at radius 3 is 2.38 bits per heavy atom. The van der Waals surface area contributed by atoms with Gasteiger partial charge < -0.3 is 14.9 Å². The quantitative estimate of drug-likeness (QED) is 0.652. The number of urea groups is 1. The smallest absolute Gasteiger partial charge is 0.322 e. The van der Waals surface area contributed by atoms with Crippen molar-refractivity contribution in [3.05, 3.63) is 0 Å². The number of amides is 2. The second kappa shape index (κ2) is 9.04. The molecular formula is C19H36N4O3. The highest BCUT2D eigenvalue weighted by molar-refractivity contribution is 5.79. The van der Waals surface area contributed by atoms with E-state index in [0.29, 0.717) is 19.0 Å². The number of piperidine rings is 1. The van der Waals surface area contributed by atoms with Gasteiger partial charge in [0.1, 0.15) is 12.2 Å². The maximum absolute atomic E-state index is 13.2. The Labute approximate surface area is 157 Å². The highest BCUT2D eigenvalue weighted by Crippen LogP contribution is 2.32. The molecule has 0 aliphatic carbocycles. The summed E-state index contributed by atoms with van der Waals surface area (Å²) in [5, 5.41) is 12.7. The van der Waals surface area contributed by atoms with Crippen LogP contribution in [0.4, 0.5) is 4.79 Å². The third kappa shape index (κ3) is 3.98. The summed E-state index contributed by atoms with van der Waals surface area (Å²) >= 11 is 0. The molecule has 2 rings (SSSR count). The van der Waals surface area contributed by atoms with E-state index in [2.05, 4.69) is 44.8 Å². The van der Waals surface area contributed by atoms with Gasteiger partial charge >= 0.3 is 12.0 Å². The lowest BCUT2D eigenvalue weighted by molar-refractivity contribution is -0.141. The zero-order chi connectivity index (χ0) is 19.4. The summed E-state index contributed by atoms with van der Waals surface area (Å²) in [6, 6.07) is -0.00656. The zero-order valence-electron chi connectivity index (χ0n) is 16.9. The lowest BCUT2D eigenvalue weighted by atomic mass is 9.96. The highest BCUT2D eigenvalue weighted by Gasteiger charge is 2.51. The first-order valence-corrected chi connectivity index (χ1v) is 10.2. The lowest BCUT2D eigenvalue weighted by Crippen LogP contribution is -2.60. The van der Waals surface area contributed by atoms with Crippen molar-refractivity contribution in [2.75, 3.05) is 19.6 Å². The van der Waals surface area contributed by atoms with Crippen molar-refractivity contribution in [2.45, 2.75) is 90.6 Å². The number of rotatable bonds is 9. The molecule has 0 spiro atoms. The fourth-order valence-electron chi connectivity index (χ4n) is 4.46. The van der Waals surface area contributed by atoms with Crippen LogP contribution in [0.3, 0.4) is 0 Å². The van der Waals surface area contributed by atoms with Gasteiger partial charge in [-0.15, -0.1) is 0 Å². The molecular weight excluding hydrogens is 332 g/mol. The Morgan fingerprint density at radius 2 is 1.88 bits per heavy atom. The molecule has 0 bridgehead atoms. The van der Waals surface area contributed by atoms with Crippen molar-refractivity contribution in [1.82, 2.24) is 20.0 Å². The number of aliphatic carboxylic acids is 1. The number of nitrogens with one attached hydrogen (secondary N) is 1. The van der Waals surface area contributed by atoms with Gasteiger partial charge in [-0.2, -0.15) is 0 Å².